The first-order chi connectivity index (χ1) is 28.7. The largest absolute Gasteiger partial charge is 0.509 e. The Hall–Kier alpha value is -7.01. The van der Waals surface area contributed by atoms with Crippen LogP contribution in [0.2, 0.25) is 0 Å². The number of hydrogen-bond donors (Lipinski definition) is 0. The van der Waals surface area contributed by atoms with Crippen LogP contribution in [0.1, 0.15) is 0 Å². The van der Waals surface area contributed by atoms with Crippen molar-refractivity contribution < 1.29 is 30.2 Å². The number of anilines is 4. The van der Waals surface area contributed by atoms with E-state index in [1.165, 1.54) is 12.1 Å². The summed E-state index contributed by atoms with van der Waals surface area (Å²) in [6.07, 6.45) is 1.78. The third-order valence-electron chi connectivity index (χ3n) is 10.8. The van der Waals surface area contributed by atoms with Crippen molar-refractivity contribution in [3.63, 3.8) is 0 Å². The predicted molar refractivity (Wildman–Crippen MR) is 233 cm³/mol. The molecule has 59 heavy (non-hydrogen) atoms. The molecular weight excluding hydrogens is 911 g/mol. The number of aromatic nitrogens is 2. The second-order valence-corrected chi connectivity index (χ2v) is 14.2. The molecule has 0 atom stereocenters. The van der Waals surface area contributed by atoms with E-state index in [2.05, 4.69) is 142 Å². The molecule has 8 aromatic carbocycles. The summed E-state index contributed by atoms with van der Waals surface area (Å²) in [5, 5.41) is 4.26. The number of fused-ring (bicyclic) bond motifs is 6. The molecule has 0 radical (unpaired) electrons. The molecule has 0 fully saturated rings. The smallest absolute Gasteiger partial charge is 0.135 e. The molecule has 7 heteroatoms. The molecule has 0 amide bonds. The first-order valence-corrected chi connectivity index (χ1v) is 19.1. The molecule has 286 valence electrons. The van der Waals surface area contributed by atoms with E-state index < -0.39 is 5.82 Å². The van der Waals surface area contributed by atoms with Gasteiger partial charge in [-0.05, 0) is 46.2 Å². The molecule has 0 aliphatic carbocycles. The van der Waals surface area contributed by atoms with Gasteiger partial charge < -0.3 is 19.1 Å². The van der Waals surface area contributed by atoms with Crippen LogP contribution in [0.5, 0.6) is 11.5 Å². The molecule has 10 aromatic rings. The first-order valence-electron chi connectivity index (χ1n) is 19.1. The number of ether oxygens (including phenoxy) is 1. The number of nitrogens with zero attached hydrogens (tertiary/aromatic N) is 4. The molecular formula is C52H32FN4OPt-3. The minimum Gasteiger partial charge on any atom is -0.509 e. The van der Waals surface area contributed by atoms with Crippen molar-refractivity contribution in [1.82, 2.24) is 9.55 Å². The van der Waals surface area contributed by atoms with Gasteiger partial charge in [0.1, 0.15) is 5.82 Å². The van der Waals surface area contributed by atoms with Crippen molar-refractivity contribution in [3.05, 3.63) is 213 Å². The van der Waals surface area contributed by atoms with E-state index in [1.807, 2.05) is 66.2 Å². The Bertz CT molecular complexity index is 3100. The van der Waals surface area contributed by atoms with Crippen LogP contribution in [0.4, 0.5) is 27.1 Å². The molecule has 0 N–H and O–H groups in total. The van der Waals surface area contributed by atoms with Crippen LogP contribution < -0.4 is 14.5 Å². The van der Waals surface area contributed by atoms with Gasteiger partial charge in [0.15, 0.2) is 0 Å². The minimum absolute atomic E-state index is 0. The summed E-state index contributed by atoms with van der Waals surface area (Å²) in [7, 11) is 0. The van der Waals surface area contributed by atoms with Crippen LogP contribution in [-0.2, 0) is 21.1 Å². The van der Waals surface area contributed by atoms with E-state index in [1.54, 1.807) is 6.20 Å². The molecule has 5 nitrogen and oxygen atoms in total. The number of hydrogen-bond acceptors (Lipinski definition) is 4. The number of rotatable bonds is 7. The van der Waals surface area contributed by atoms with Gasteiger partial charge in [-0.25, -0.2) is 9.37 Å². The number of halogens is 1. The maximum absolute atomic E-state index is 15.9. The summed E-state index contributed by atoms with van der Waals surface area (Å²) in [6, 6.07) is 67.6. The maximum Gasteiger partial charge on any atom is 0.135 e. The zero-order valence-electron chi connectivity index (χ0n) is 31.4. The molecule has 0 spiro atoms. The Labute approximate surface area is 355 Å². The van der Waals surface area contributed by atoms with Crippen LogP contribution in [0, 0.1) is 24.6 Å². The van der Waals surface area contributed by atoms with Gasteiger partial charge in [-0.1, -0.05) is 151 Å². The second kappa shape index (κ2) is 15.1. The van der Waals surface area contributed by atoms with Gasteiger partial charge >= 0.3 is 0 Å². The van der Waals surface area contributed by atoms with Crippen molar-refractivity contribution in [2.75, 3.05) is 9.80 Å². The summed E-state index contributed by atoms with van der Waals surface area (Å²) >= 11 is 0. The van der Waals surface area contributed by atoms with Crippen LogP contribution in [0.3, 0.4) is 0 Å². The Morgan fingerprint density at radius 3 is 1.98 bits per heavy atom. The summed E-state index contributed by atoms with van der Waals surface area (Å²) in [5.74, 6) is 0.987. The van der Waals surface area contributed by atoms with E-state index in [0.29, 0.717) is 11.4 Å². The monoisotopic (exact) mass is 942 g/mol. The number of pyridine rings is 1. The molecule has 0 saturated carbocycles. The topological polar surface area (TPSA) is 33.5 Å². The number of benzene rings is 8. The van der Waals surface area contributed by atoms with E-state index in [4.69, 9.17) is 4.74 Å². The van der Waals surface area contributed by atoms with Crippen LogP contribution >= 0.6 is 0 Å². The molecule has 0 bridgehead atoms. The van der Waals surface area contributed by atoms with Crippen LogP contribution in [0.15, 0.2) is 188 Å². The minimum atomic E-state index is -0.448. The normalized spacial score (nSPS) is 12.2. The summed E-state index contributed by atoms with van der Waals surface area (Å²) in [5.41, 5.74) is 9.52. The maximum atomic E-state index is 15.9. The Balaban J connectivity index is 0.00000420. The third kappa shape index (κ3) is 6.33. The third-order valence-corrected chi connectivity index (χ3v) is 10.8. The first kappa shape index (κ1) is 36.3. The van der Waals surface area contributed by atoms with Gasteiger partial charge in [0.2, 0.25) is 0 Å². The SMILES string of the molecule is Fc1cc(Oc2[c-]c3c(cc2)c2ccccc2n3-c2ccccn2)[c-]c(N2[CH-]N(c3c(-c4ccccc4)cccc3-c3ccccc3)c3c2ccc2ccccc32)c1.[Pt]. The average molecular weight is 943 g/mol. The zero-order valence-corrected chi connectivity index (χ0v) is 33.6. The standard InChI is InChI=1S/C52H32FN4O.Pt/c53-38-30-39(32-41(31-38)58-40-26-27-46-45-20-9-10-23-47(45)57(49(46)33-40)50-24-11-12-29-54-50)55-34-56(52-44-19-8-7-18-37(44)25-28-48(52)55)51-42(35-14-3-1-4-15-35)21-13-22-43(51)36-16-5-2-6-17-36;/h1-31,34H;/q-3;. The van der Waals surface area contributed by atoms with Gasteiger partial charge in [0.05, 0.1) is 0 Å². The van der Waals surface area contributed by atoms with Crippen molar-refractivity contribution in [2.24, 2.45) is 0 Å². The van der Waals surface area contributed by atoms with Crippen molar-refractivity contribution in [1.29, 1.82) is 0 Å². The fourth-order valence-corrected chi connectivity index (χ4v) is 8.25. The molecule has 3 heterocycles. The van der Waals surface area contributed by atoms with E-state index in [9.17, 15) is 0 Å². The van der Waals surface area contributed by atoms with Gasteiger partial charge in [-0.15, -0.1) is 36.3 Å². The van der Waals surface area contributed by atoms with Gasteiger partial charge in [-0.2, -0.15) is 6.07 Å². The molecule has 1 aliphatic rings. The average Bonchev–Trinajstić information content (AvgIpc) is 3.83. The van der Waals surface area contributed by atoms with Crippen molar-refractivity contribution >= 4 is 55.3 Å². The van der Waals surface area contributed by atoms with E-state index in [0.717, 1.165) is 77.7 Å². The van der Waals surface area contributed by atoms with Gasteiger partial charge in [-0.3, -0.25) is 0 Å². The van der Waals surface area contributed by atoms with Crippen LogP contribution in [-0.4, -0.2) is 9.55 Å². The van der Waals surface area contributed by atoms with Crippen LogP contribution in [0.25, 0.3) is 60.6 Å². The number of para-hydroxylation sites is 2. The van der Waals surface area contributed by atoms with Crippen molar-refractivity contribution in [2.45, 2.75) is 0 Å². The Morgan fingerprint density at radius 1 is 0.542 bits per heavy atom. The Kier molecular flexibility index (Phi) is 9.27. The second-order valence-electron chi connectivity index (χ2n) is 14.2. The molecule has 0 unspecified atom stereocenters. The quantitative estimate of drug-likeness (QED) is 0.149. The zero-order chi connectivity index (χ0) is 38.6. The Morgan fingerprint density at radius 2 is 1.24 bits per heavy atom. The van der Waals surface area contributed by atoms with Gasteiger partial charge in [0, 0.05) is 83.7 Å². The summed E-state index contributed by atoms with van der Waals surface area (Å²) in [4.78, 5) is 8.90. The molecule has 0 saturated heterocycles. The van der Waals surface area contributed by atoms with Gasteiger partial charge in [0.25, 0.3) is 0 Å². The molecule has 11 rings (SSSR count). The summed E-state index contributed by atoms with van der Waals surface area (Å²) in [6.45, 7) is 2.05. The summed E-state index contributed by atoms with van der Waals surface area (Å²) < 4.78 is 24.4. The van der Waals surface area contributed by atoms with Crippen molar-refractivity contribution in [3.8, 4) is 39.6 Å². The predicted octanol–water partition coefficient (Wildman–Crippen LogP) is 13.6. The van der Waals surface area contributed by atoms with E-state index in [-0.39, 0.29) is 26.8 Å². The molecule has 2 aromatic heterocycles. The molecule has 1 aliphatic heterocycles. The van der Waals surface area contributed by atoms with E-state index >= 15 is 4.39 Å². The fourth-order valence-electron chi connectivity index (χ4n) is 8.25. The fraction of sp³-hybridized carbons (Fsp3) is 0.